The number of aliphatic hydroxyl groups is 1. The van der Waals surface area contributed by atoms with Crippen LogP contribution in [-0.4, -0.2) is 26.7 Å². The SMILES string of the molecule is CCC(CCO)CNS(=O)(=O)c1cc(Br)sc1C. The van der Waals surface area contributed by atoms with E-state index in [-0.39, 0.29) is 12.5 Å². The van der Waals surface area contributed by atoms with Crippen molar-refractivity contribution in [3.8, 4) is 0 Å². The summed E-state index contributed by atoms with van der Waals surface area (Å²) < 4.78 is 27.6. The molecular formula is C11H18BrNO3S2. The average Bonchev–Trinajstić information content (AvgIpc) is 2.64. The topological polar surface area (TPSA) is 66.4 Å². The zero-order valence-corrected chi connectivity index (χ0v) is 13.7. The minimum Gasteiger partial charge on any atom is -0.396 e. The monoisotopic (exact) mass is 355 g/mol. The third-order valence-corrected chi connectivity index (χ3v) is 6.04. The molecule has 0 saturated carbocycles. The van der Waals surface area contributed by atoms with Crippen molar-refractivity contribution in [1.29, 1.82) is 0 Å². The van der Waals surface area contributed by atoms with E-state index in [0.29, 0.717) is 17.9 Å². The van der Waals surface area contributed by atoms with Gasteiger partial charge < -0.3 is 5.11 Å². The van der Waals surface area contributed by atoms with E-state index < -0.39 is 10.0 Å². The van der Waals surface area contributed by atoms with Gasteiger partial charge in [0.1, 0.15) is 0 Å². The van der Waals surface area contributed by atoms with Crippen molar-refractivity contribution in [1.82, 2.24) is 4.72 Å². The van der Waals surface area contributed by atoms with Crippen molar-refractivity contribution >= 4 is 37.3 Å². The minimum absolute atomic E-state index is 0.0866. The van der Waals surface area contributed by atoms with Gasteiger partial charge in [0.15, 0.2) is 0 Å². The van der Waals surface area contributed by atoms with Crippen LogP contribution in [0.3, 0.4) is 0 Å². The number of hydrogen-bond donors (Lipinski definition) is 2. The lowest BCUT2D eigenvalue weighted by Gasteiger charge is -2.14. The number of nitrogens with one attached hydrogen (secondary N) is 1. The molecule has 1 unspecified atom stereocenters. The van der Waals surface area contributed by atoms with Crippen molar-refractivity contribution in [3.63, 3.8) is 0 Å². The molecule has 0 aromatic carbocycles. The molecule has 0 bridgehead atoms. The fraction of sp³-hybridized carbons (Fsp3) is 0.636. The van der Waals surface area contributed by atoms with E-state index in [4.69, 9.17) is 5.11 Å². The van der Waals surface area contributed by atoms with Gasteiger partial charge in [0.25, 0.3) is 0 Å². The average molecular weight is 356 g/mol. The van der Waals surface area contributed by atoms with Crippen LogP contribution in [0.1, 0.15) is 24.6 Å². The van der Waals surface area contributed by atoms with E-state index in [1.807, 2.05) is 6.92 Å². The Kier molecular flexibility index (Phi) is 6.26. The van der Waals surface area contributed by atoms with Crippen LogP contribution in [0.4, 0.5) is 0 Å². The Morgan fingerprint density at radius 1 is 1.56 bits per heavy atom. The molecule has 1 atom stereocenters. The second kappa shape index (κ2) is 7.00. The largest absolute Gasteiger partial charge is 0.396 e. The minimum atomic E-state index is -3.44. The zero-order valence-electron chi connectivity index (χ0n) is 10.4. The molecule has 2 N–H and O–H groups in total. The molecule has 0 saturated heterocycles. The first-order chi connectivity index (χ1) is 8.40. The summed E-state index contributed by atoms with van der Waals surface area (Å²) in [5.41, 5.74) is 0. The number of sulfonamides is 1. The first kappa shape index (κ1) is 16.1. The normalized spacial score (nSPS) is 13.8. The van der Waals surface area contributed by atoms with Gasteiger partial charge in [0.2, 0.25) is 10.0 Å². The van der Waals surface area contributed by atoms with Crippen LogP contribution >= 0.6 is 27.3 Å². The van der Waals surface area contributed by atoms with Gasteiger partial charge in [-0.2, -0.15) is 0 Å². The van der Waals surface area contributed by atoms with Crippen molar-refractivity contribution in [2.75, 3.05) is 13.2 Å². The summed E-state index contributed by atoms with van der Waals surface area (Å²) in [6, 6.07) is 1.62. The van der Waals surface area contributed by atoms with Gasteiger partial charge >= 0.3 is 0 Å². The Bertz CT molecular complexity index is 484. The van der Waals surface area contributed by atoms with Gasteiger partial charge in [-0.05, 0) is 41.3 Å². The van der Waals surface area contributed by atoms with Crippen LogP contribution in [0.25, 0.3) is 0 Å². The number of halogens is 1. The molecule has 0 aliphatic carbocycles. The van der Waals surface area contributed by atoms with E-state index in [9.17, 15) is 8.42 Å². The van der Waals surface area contributed by atoms with Crippen LogP contribution in [0.2, 0.25) is 0 Å². The van der Waals surface area contributed by atoms with Crippen LogP contribution in [-0.2, 0) is 10.0 Å². The summed E-state index contributed by atoms with van der Waals surface area (Å²) >= 11 is 4.69. The number of rotatable bonds is 7. The molecule has 104 valence electrons. The fourth-order valence-corrected chi connectivity index (χ4v) is 5.16. The van der Waals surface area contributed by atoms with Crippen LogP contribution in [0.15, 0.2) is 14.7 Å². The Morgan fingerprint density at radius 3 is 2.67 bits per heavy atom. The fourth-order valence-electron chi connectivity index (χ4n) is 1.64. The molecular weight excluding hydrogens is 338 g/mol. The summed E-state index contributed by atoms with van der Waals surface area (Å²) in [6.45, 7) is 4.23. The van der Waals surface area contributed by atoms with Gasteiger partial charge in [-0.1, -0.05) is 13.3 Å². The quantitative estimate of drug-likeness (QED) is 0.789. The lowest BCUT2D eigenvalue weighted by molar-refractivity contribution is 0.254. The lowest BCUT2D eigenvalue weighted by atomic mass is 10.0. The van der Waals surface area contributed by atoms with Crippen molar-refractivity contribution in [3.05, 3.63) is 14.7 Å². The standard InChI is InChI=1S/C11H18BrNO3S2/c1-3-9(4-5-14)7-13-18(15,16)10-6-11(12)17-8(10)2/h6,9,13-14H,3-5,7H2,1-2H3. The molecule has 0 spiro atoms. The molecule has 0 radical (unpaired) electrons. The van der Waals surface area contributed by atoms with E-state index in [0.717, 1.165) is 15.1 Å². The molecule has 1 rings (SSSR count). The first-order valence-corrected chi connectivity index (χ1v) is 8.86. The van der Waals surface area contributed by atoms with Gasteiger partial charge in [0.05, 0.1) is 8.68 Å². The van der Waals surface area contributed by atoms with E-state index >= 15 is 0 Å². The van der Waals surface area contributed by atoms with E-state index in [1.54, 1.807) is 13.0 Å². The Balaban J connectivity index is 2.74. The first-order valence-electron chi connectivity index (χ1n) is 5.77. The van der Waals surface area contributed by atoms with Gasteiger partial charge in [-0.15, -0.1) is 11.3 Å². The third kappa shape index (κ3) is 4.31. The van der Waals surface area contributed by atoms with Crippen LogP contribution in [0.5, 0.6) is 0 Å². The zero-order chi connectivity index (χ0) is 13.8. The Hall–Kier alpha value is 0.0500. The van der Waals surface area contributed by atoms with E-state index in [1.165, 1.54) is 11.3 Å². The summed E-state index contributed by atoms with van der Waals surface area (Å²) in [5.74, 6) is 0.173. The molecule has 1 aromatic rings. The maximum atomic E-state index is 12.1. The van der Waals surface area contributed by atoms with Gasteiger partial charge in [-0.3, -0.25) is 0 Å². The molecule has 4 nitrogen and oxygen atoms in total. The number of aliphatic hydroxyl groups excluding tert-OH is 1. The summed E-state index contributed by atoms with van der Waals surface area (Å²) in [6.07, 6.45) is 1.46. The highest BCUT2D eigenvalue weighted by atomic mass is 79.9. The highest BCUT2D eigenvalue weighted by molar-refractivity contribution is 9.11. The van der Waals surface area contributed by atoms with Gasteiger partial charge in [0, 0.05) is 18.0 Å². The number of thiophene rings is 1. The highest BCUT2D eigenvalue weighted by Crippen LogP contribution is 2.29. The predicted molar refractivity (Wildman–Crippen MR) is 77.4 cm³/mol. The summed E-state index contributed by atoms with van der Waals surface area (Å²) in [7, 11) is -3.44. The lowest BCUT2D eigenvalue weighted by Crippen LogP contribution is -2.29. The van der Waals surface area contributed by atoms with Gasteiger partial charge in [-0.25, -0.2) is 13.1 Å². The summed E-state index contributed by atoms with van der Waals surface area (Å²) in [4.78, 5) is 1.10. The maximum absolute atomic E-state index is 12.1. The van der Waals surface area contributed by atoms with Crippen molar-refractivity contribution < 1.29 is 13.5 Å². The van der Waals surface area contributed by atoms with Crippen LogP contribution in [0, 0.1) is 12.8 Å². The van der Waals surface area contributed by atoms with Crippen molar-refractivity contribution in [2.45, 2.75) is 31.6 Å². The molecule has 0 amide bonds. The predicted octanol–water partition coefficient (Wildman–Crippen LogP) is 2.51. The third-order valence-electron chi connectivity index (χ3n) is 2.81. The highest BCUT2D eigenvalue weighted by Gasteiger charge is 2.20. The Morgan fingerprint density at radius 2 is 2.22 bits per heavy atom. The molecule has 7 heteroatoms. The van der Waals surface area contributed by atoms with E-state index in [2.05, 4.69) is 20.7 Å². The second-order valence-electron chi connectivity index (χ2n) is 4.11. The molecule has 1 aromatic heterocycles. The Labute approximate surface area is 121 Å². The second-order valence-corrected chi connectivity index (χ2v) is 8.48. The number of hydrogen-bond acceptors (Lipinski definition) is 4. The summed E-state index contributed by atoms with van der Waals surface area (Å²) in [5, 5.41) is 8.88. The molecule has 0 aliphatic heterocycles. The maximum Gasteiger partial charge on any atom is 0.241 e. The molecule has 0 fully saturated rings. The molecule has 1 heterocycles. The smallest absolute Gasteiger partial charge is 0.241 e. The molecule has 0 aliphatic rings. The molecule has 18 heavy (non-hydrogen) atoms. The van der Waals surface area contributed by atoms with Crippen LogP contribution < -0.4 is 4.72 Å². The number of aryl methyl sites for hydroxylation is 1. The van der Waals surface area contributed by atoms with Crippen molar-refractivity contribution in [2.24, 2.45) is 5.92 Å².